The zero-order valence-electron chi connectivity index (χ0n) is 8.11. The van der Waals surface area contributed by atoms with Gasteiger partial charge in [-0.15, -0.1) is 0 Å². The number of nitrogens with one attached hydrogen (secondary N) is 1. The van der Waals surface area contributed by atoms with Crippen LogP contribution in [-0.4, -0.2) is 9.97 Å². The fourth-order valence-corrected chi connectivity index (χ4v) is 1.87. The number of hydrogen-bond donors (Lipinski definition) is 2. The van der Waals surface area contributed by atoms with Gasteiger partial charge in [0, 0.05) is 21.3 Å². The lowest BCUT2D eigenvalue weighted by molar-refractivity contribution is 1.21. The SMILES string of the molecule is Nc1nccnc1Nc1cc(Br)ccc1Br. The molecule has 2 rings (SSSR count). The molecule has 0 aliphatic heterocycles. The van der Waals surface area contributed by atoms with Crippen molar-refractivity contribution in [2.45, 2.75) is 0 Å². The van der Waals surface area contributed by atoms with Gasteiger partial charge in [0.15, 0.2) is 11.6 Å². The summed E-state index contributed by atoms with van der Waals surface area (Å²) in [6, 6.07) is 5.80. The van der Waals surface area contributed by atoms with Gasteiger partial charge < -0.3 is 11.1 Å². The second kappa shape index (κ2) is 4.80. The summed E-state index contributed by atoms with van der Waals surface area (Å²) < 4.78 is 1.90. The molecule has 0 saturated heterocycles. The van der Waals surface area contributed by atoms with Gasteiger partial charge >= 0.3 is 0 Å². The maximum atomic E-state index is 5.69. The van der Waals surface area contributed by atoms with E-state index in [1.807, 2.05) is 18.2 Å². The molecule has 0 unspecified atom stereocenters. The Bertz CT molecular complexity index is 516. The zero-order chi connectivity index (χ0) is 11.5. The average molecular weight is 344 g/mol. The maximum absolute atomic E-state index is 5.69. The van der Waals surface area contributed by atoms with Gasteiger partial charge in [-0.1, -0.05) is 15.9 Å². The van der Waals surface area contributed by atoms with E-state index in [4.69, 9.17) is 5.73 Å². The van der Waals surface area contributed by atoms with E-state index in [-0.39, 0.29) is 0 Å². The van der Waals surface area contributed by atoms with E-state index in [0.717, 1.165) is 14.6 Å². The number of rotatable bonds is 2. The van der Waals surface area contributed by atoms with Crippen molar-refractivity contribution in [2.24, 2.45) is 0 Å². The number of anilines is 3. The van der Waals surface area contributed by atoms with Crippen molar-refractivity contribution in [3.63, 3.8) is 0 Å². The highest BCUT2D eigenvalue weighted by Crippen LogP contribution is 2.29. The molecule has 0 radical (unpaired) electrons. The third kappa shape index (κ3) is 2.51. The van der Waals surface area contributed by atoms with Crippen molar-refractivity contribution in [2.75, 3.05) is 11.1 Å². The Balaban J connectivity index is 2.34. The monoisotopic (exact) mass is 342 g/mol. The Morgan fingerprint density at radius 1 is 1.12 bits per heavy atom. The Hall–Kier alpha value is -1.14. The molecular weight excluding hydrogens is 336 g/mol. The van der Waals surface area contributed by atoms with Crippen LogP contribution in [0.5, 0.6) is 0 Å². The first-order chi connectivity index (χ1) is 7.66. The summed E-state index contributed by atoms with van der Waals surface area (Å²) in [5.74, 6) is 0.913. The first-order valence-electron chi connectivity index (χ1n) is 4.45. The lowest BCUT2D eigenvalue weighted by Crippen LogP contribution is -2.01. The van der Waals surface area contributed by atoms with Crippen LogP contribution in [0.25, 0.3) is 0 Å². The number of benzene rings is 1. The molecule has 0 atom stereocenters. The fourth-order valence-electron chi connectivity index (χ4n) is 1.17. The van der Waals surface area contributed by atoms with Crippen LogP contribution in [-0.2, 0) is 0 Å². The largest absolute Gasteiger partial charge is 0.381 e. The summed E-state index contributed by atoms with van der Waals surface area (Å²) in [7, 11) is 0. The predicted octanol–water partition coefficient (Wildman–Crippen LogP) is 3.33. The number of aromatic nitrogens is 2. The van der Waals surface area contributed by atoms with E-state index in [2.05, 4.69) is 47.1 Å². The van der Waals surface area contributed by atoms with Crippen LogP contribution in [0.2, 0.25) is 0 Å². The second-order valence-corrected chi connectivity index (χ2v) is 4.81. The molecule has 0 aliphatic carbocycles. The van der Waals surface area contributed by atoms with Crippen LogP contribution in [0.4, 0.5) is 17.3 Å². The van der Waals surface area contributed by atoms with Crippen LogP contribution in [0.15, 0.2) is 39.5 Å². The molecule has 6 heteroatoms. The van der Waals surface area contributed by atoms with Crippen LogP contribution in [0, 0.1) is 0 Å². The van der Waals surface area contributed by atoms with Crippen molar-refractivity contribution in [1.29, 1.82) is 0 Å². The van der Waals surface area contributed by atoms with Crippen molar-refractivity contribution >= 4 is 49.2 Å². The maximum Gasteiger partial charge on any atom is 0.173 e. The standard InChI is InChI=1S/C10H8Br2N4/c11-6-1-2-7(12)8(5-6)16-10-9(13)14-3-4-15-10/h1-5H,(H2,13,14)(H,15,16). The third-order valence-electron chi connectivity index (χ3n) is 1.91. The average Bonchev–Trinajstić information content (AvgIpc) is 2.27. The number of hydrogen-bond acceptors (Lipinski definition) is 4. The third-order valence-corrected chi connectivity index (χ3v) is 3.09. The Morgan fingerprint density at radius 3 is 2.62 bits per heavy atom. The Kier molecular flexibility index (Phi) is 3.40. The van der Waals surface area contributed by atoms with Gasteiger partial charge in [-0.05, 0) is 34.1 Å². The molecule has 0 aliphatic rings. The van der Waals surface area contributed by atoms with Crippen molar-refractivity contribution in [3.8, 4) is 0 Å². The van der Waals surface area contributed by atoms with Gasteiger partial charge in [0.1, 0.15) is 0 Å². The van der Waals surface area contributed by atoms with E-state index in [0.29, 0.717) is 11.6 Å². The van der Waals surface area contributed by atoms with Gasteiger partial charge in [0.05, 0.1) is 5.69 Å². The number of nitrogens with zero attached hydrogens (tertiary/aromatic N) is 2. The van der Waals surface area contributed by atoms with E-state index in [9.17, 15) is 0 Å². The normalized spacial score (nSPS) is 10.1. The Morgan fingerprint density at radius 2 is 1.88 bits per heavy atom. The summed E-state index contributed by atoms with van der Waals surface area (Å²) in [5, 5.41) is 3.11. The molecule has 0 fully saturated rings. The summed E-state index contributed by atoms with van der Waals surface area (Å²) in [5.41, 5.74) is 6.57. The van der Waals surface area contributed by atoms with Crippen LogP contribution >= 0.6 is 31.9 Å². The van der Waals surface area contributed by atoms with Gasteiger partial charge in [0.2, 0.25) is 0 Å². The highest BCUT2D eigenvalue weighted by Gasteiger charge is 2.05. The zero-order valence-corrected chi connectivity index (χ0v) is 11.3. The van der Waals surface area contributed by atoms with Gasteiger partial charge in [0.25, 0.3) is 0 Å². The molecule has 82 valence electrons. The molecule has 2 aromatic rings. The minimum absolute atomic E-state index is 0.370. The van der Waals surface area contributed by atoms with E-state index < -0.39 is 0 Å². The highest BCUT2D eigenvalue weighted by molar-refractivity contribution is 9.11. The van der Waals surface area contributed by atoms with Crippen molar-refractivity contribution in [3.05, 3.63) is 39.5 Å². The topological polar surface area (TPSA) is 63.8 Å². The summed E-state index contributed by atoms with van der Waals surface area (Å²) in [6.07, 6.45) is 3.14. The Labute approximate surface area is 110 Å². The first kappa shape index (κ1) is 11.3. The van der Waals surface area contributed by atoms with Crippen LogP contribution in [0.1, 0.15) is 0 Å². The number of nitrogen functional groups attached to an aromatic ring is 1. The van der Waals surface area contributed by atoms with Gasteiger partial charge in [-0.3, -0.25) is 0 Å². The fraction of sp³-hybridized carbons (Fsp3) is 0. The molecule has 0 bridgehead atoms. The van der Waals surface area contributed by atoms with Gasteiger partial charge in [-0.25, -0.2) is 9.97 Å². The highest BCUT2D eigenvalue weighted by atomic mass is 79.9. The molecule has 4 nitrogen and oxygen atoms in total. The summed E-state index contributed by atoms with van der Waals surface area (Å²) in [4.78, 5) is 8.06. The predicted molar refractivity (Wildman–Crippen MR) is 71.6 cm³/mol. The quantitative estimate of drug-likeness (QED) is 0.877. The van der Waals surface area contributed by atoms with Crippen molar-refractivity contribution < 1.29 is 0 Å². The summed E-state index contributed by atoms with van der Waals surface area (Å²) >= 11 is 6.84. The van der Waals surface area contributed by atoms with Crippen LogP contribution in [0.3, 0.4) is 0 Å². The second-order valence-electron chi connectivity index (χ2n) is 3.04. The number of nitrogens with two attached hydrogens (primary N) is 1. The molecule has 0 amide bonds. The van der Waals surface area contributed by atoms with E-state index in [1.54, 1.807) is 12.4 Å². The molecule has 1 heterocycles. The van der Waals surface area contributed by atoms with E-state index in [1.165, 1.54) is 0 Å². The minimum atomic E-state index is 0.370. The van der Waals surface area contributed by atoms with Crippen LogP contribution < -0.4 is 11.1 Å². The molecule has 1 aromatic heterocycles. The van der Waals surface area contributed by atoms with E-state index >= 15 is 0 Å². The van der Waals surface area contributed by atoms with Crippen molar-refractivity contribution in [1.82, 2.24) is 9.97 Å². The molecule has 0 spiro atoms. The number of halogens is 2. The first-order valence-corrected chi connectivity index (χ1v) is 6.04. The smallest absolute Gasteiger partial charge is 0.173 e. The lowest BCUT2D eigenvalue weighted by atomic mass is 10.3. The molecule has 0 saturated carbocycles. The molecular formula is C10H8Br2N4. The molecule has 16 heavy (non-hydrogen) atoms. The van der Waals surface area contributed by atoms with Gasteiger partial charge in [-0.2, -0.15) is 0 Å². The lowest BCUT2D eigenvalue weighted by Gasteiger charge is -2.09. The minimum Gasteiger partial charge on any atom is -0.381 e. The summed E-state index contributed by atoms with van der Waals surface area (Å²) in [6.45, 7) is 0. The molecule has 1 aromatic carbocycles. The molecule has 3 N–H and O–H groups in total.